The molecule has 0 bridgehead atoms. The average Bonchev–Trinajstić information content (AvgIpc) is 2.85. The normalized spacial score (nSPS) is 19.5. The van der Waals surface area contributed by atoms with Crippen molar-refractivity contribution in [2.24, 2.45) is 4.99 Å². The fraction of sp³-hybridized carbons (Fsp3) is 0.333. The molecule has 1 N–H and O–H groups in total. The largest absolute Gasteiger partial charge is 0.290 e. The molecule has 4 nitrogen and oxygen atoms in total. The monoisotopic (exact) mass is 249 g/mol. The molecule has 0 saturated carbocycles. The van der Waals surface area contributed by atoms with E-state index in [1.54, 1.807) is 17.4 Å². The van der Waals surface area contributed by atoms with Crippen molar-refractivity contribution >= 4 is 17.6 Å². The zero-order valence-corrected chi connectivity index (χ0v) is 10.5. The van der Waals surface area contributed by atoms with Crippen LogP contribution in [-0.2, 0) is 4.84 Å². The lowest BCUT2D eigenvalue weighted by molar-refractivity contribution is 0.0899. The van der Waals surface area contributed by atoms with E-state index in [-0.39, 0.29) is 5.92 Å². The summed E-state index contributed by atoms with van der Waals surface area (Å²) >= 11 is 1.66. The molecule has 0 radical (unpaired) electrons. The van der Waals surface area contributed by atoms with Gasteiger partial charge in [-0.2, -0.15) is 0 Å². The Labute approximate surface area is 105 Å². The summed E-state index contributed by atoms with van der Waals surface area (Å²) in [5, 5.41) is 3.09. The number of aliphatic imine (C=N–C) groups is 1. The van der Waals surface area contributed by atoms with Gasteiger partial charge in [0.15, 0.2) is 0 Å². The Morgan fingerprint density at radius 1 is 1.71 bits per heavy atom. The molecule has 1 aliphatic heterocycles. The second-order valence-corrected chi connectivity index (χ2v) is 4.64. The van der Waals surface area contributed by atoms with Crippen molar-refractivity contribution < 1.29 is 4.84 Å². The van der Waals surface area contributed by atoms with Gasteiger partial charge in [0.25, 0.3) is 0 Å². The van der Waals surface area contributed by atoms with Crippen molar-refractivity contribution in [3.8, 4) is 0 Å². The second kappa shape index (κ2) is 5.75. The van der Waals surface area contributed by atoms with Crippen molar-refractivity contribution in [2.45, 2.75) is 12.8 Å². The van der Waals surface area contributed by atoms with Gasteiger partial charge >= 0.3 is 0 Å². The van der Waals surface area contributed by atoms with Gasteiger partial charge in [-0.3, -0.25) is 15.3 Å². The number of hydrogen-bond donors (Lipinski definition) is 1. The molecule has 0 saturated heterocycles. The summed E-state index contributed by atoms with van der Waals surface area (Å²) in [5.74, 6) is 0.259. The highest BCUT2D eigenvalue weighted by Gasteiger charge is 2.21. The summed E-state index contributed by atoms with van der Waals surface area (Å²) in [7, 11) is 0. The fourth-order valence-corrected chi connectivity index (χ4v) is 2.43. The van der Waals surface area contributed by atoms with Crippen LogP contribution in [0.1, 0.15) is 17.8 Å². The van der Waals surface area contributed by atoms with Gasteiger partial charge < -0.3 is 0 Å². The van der Waals surface area contributed by atoms with Gasteiger partial charge in [0.2, 0.25) is 0 Å². The number of hydrogen-bond acceptors (Lipinski definition) is 5. The van der Waals surface area contributed by atoms with Crippen LogP contribution in [0.25, 0.3) is 0 Å². The van der Waals surface area contributed by atoms with Crippen LogP contribution in [0.15, 0.2) is 40.5 Å². The quantitative estimate of drug-likeness (QED) is 0.495. The molecule has 5 heteroatoms. The molecule has 1 aliphatic rings. The highest BCUT2D eigenvalue weighted by atomic mass is 32.1. The lowest BCUT2D eigenvalue weighted by Gasteiger charge is -2.20. The Kier molecular flexibility index (Phi) is 4.06. The minimum atomic E-state index is 0.259. The molecule has 1 aromatic rings. The summed E-state index contributed by atoms with van der Waals surface area (Å²) in [4.78, 5) is 13.9. The maximum absolute atomic E-state index is 5.22. The smallest absolute Gasteiger partial charge is 0.102 e. The third-order valence-corrected chi connectivity index (χ3v) is 3.48. The zero-order valence-electron chi connectivity index (χ0n) is 9.72. The molecule has 90 valence electrons. The van der Waals surface area contributed by atoms with Crippen molar-refractivity contribution in [3.05, 3.63) is 40.5 Å². The summed E-state index contributed by atoms with van der Waals surface area (Å²) in [6, 6.07) is 0. The SMILES string of the molecule is C=CCONC1=C(C)C(c2nccs2)CN=C1. The molecule has 0 spiro atoms. The highest BCUT2D eigenvalue weighted by Crippen LogP contribution is 2.29. The Hall–Kier alpha value is -1.46. The van der Waals surface area contributed by atoms with Crippen LogP contribution in [0.5, 0.6) is 0 Å². The van der Waals surface area contributed by atoms with E-state index in [4.69, 9.17) is 4.84 Å². The number of aromatic nitrogens is 1. The second-order valence-electron chi connectivity index (χ2n) is 3.72. The van der Waals surface area contributed by atoms with E-state index in [0.29, 0.717) is 6.61 Å². The summed E-state index contributed by atoms with van der Waals surface area (Å²) in [6.45, 7) is 6.90. The standard InChI is InChI=1S/C12H15N3OS/c1-3-5-16-15-11-8-13-7-10(9(11)2)12-14-4-6-17-12/h3-4,6,8,10,15H,1,5,7H2,2H3. The zero-order chi connectivity index (χ0) is 12.1. The van der Waals surface area contributed by atoms with Gasteiger partial charge in [0.05, 0.1) is 24.8 Å². The van der Waals surface area contributed by atoms with Crippen molar-refractivity contribution in [3.63, 3.8) is 0 Å². The first-order chi connectivity index (χ1) is 8.33. The van der Waals surface area contributed by atoms with Crippen LogP contribution in [0, 0.1) is 0 Å². The van der Waals surface area contributed by atoms with Gasteiger partial charge in [-0.1, -0.05) is 6.08 Å². The maximum Gasteiger partial charge on any atom is 0.102 e. The number of nitrogens with one attached hydrogen (secondary N) is 1. The third-order valence-electron chi connectivity index (χ3n) is 2.59. The first-order valence-electron chi connectivity index (χ1n) is 5.41. The molecule has 17 heavy (non-hydrogen) atoms. The minimum absolute atomic E-state index is 0.259. The van der Waals surface area contributed by atoms with Crippen LogP contribution < -0.4 is 5.48 Å². The lowest BCUT2D eigenvalue weighted by Crippen LogP contribution is -2.22. The molecule has 1 atom stereocenters. The molecule has 0 aromatic carbocycles. The molecule has 0 fully saturated rings. The Morgan fingerprint density at radius 3 is 3.29 bits per heavy atom. The molecular weight excluding hydrogens is 234 g/mol. The van der Waals surface area contributed by atoms with Crippen molar-refractivity contribution in [2.75, 3.05) is 13.2 Å². The molecular formula is C12H15N3OS. The van der Waals surface area contributed by atoms with Gasteiger partial charge in [-0.15, -0.1) is 17.9 Å². The van der Waals surface area contributed by atoms with Crippen LogP contribution in [0.3, 0.4) is 0 Å². The minimum Gasteiger partial charge on any atom is -0.290 e. The van der Waals surface area contributed by atoms with Gasteiger partial charge in [0, 0.05) is 17.8 Å². The maximum atomic E-state index is 5.22. The van der Waals surface area contributed by atoms with E-state index in [9.17, 15) is 0 Å². The molecule has 0 amide bonds. The number of nitrogens with zero attached hydrogens (tertiary/aromatic N) is 2. The average molecular weight is 249 g/mol. The number of rotatable bonds is 5. The Balaban J connectivity index is 2.11. The van der Waals surface area contributed by atoms with Gasteiger partial charge in [0.1, 0.15) is 5.01 Å². The predicted molar refractivity (Wildman–Crippen MR) is 70.2 cm³/mol. The first kappa shape index (κ1) is 12.0. The van der Waals surface area contributed by atoms with Crippen LogP contribution in [0.2, 0.25) is 0 Å². The lowest BCUT2D eigenvalue weighted by atomic mass is 9.97. The topological polar surface area (TPSA) is 46.5 Å². The molecule has 2 heterocycles. The Morgan fingerprint density at radius 2 is 2.59 bits per heavy atom. The Bertz CT molecular complexity index is 437. The van der Waals surface area contributed by atoms with E-state index in [1.165, 1.54) is 5.57 Å². The van der Waals surface area contributed by atoms with Crippen LogP contribution >= 0.6 is 11.3 Å². The van der Waals surface area contributed by atoms with Gasteiger partial charge in [-0.05, 0) is 12.5 Å². The van der Waals surface area contributed by atoms with Crippen molar-refractivity contribution in [1.82, 2.24) is 10.5 Å². The van der Waals surface area contributed by atoms with E-state index >= 15 is 0 Å². The van der Waals surface area contributed by atoms with E-state index in [1.807, 2.05) is 17.8 Å². The van der Waals surface area contributed by atoms with E-state index in [2.05, 4.69) is 29.0 Å². The highest BCUT2D eigenvalue weighted by molar-refractivity contribution is 7.09. The van der Waals surface area contributed by atoms with E-state index < -0.39 is 0 Å². The molecule has 0 aliphatic carbocycles. The van der Waals surface area contributed by atoms with Crippen molar-refractivity contribution in [1.29, 1.82) is 0 Å². The van der Waals surface area contributed by atoms with Crippen LogP contribution in [0.4, 0.5) is 0 Å². The number of dihydropyridines is 1. The number of thiazole rings is 1. The first-order valence-corrected chi connectivity index (χ1v) is 6.29. The summed E-state index contributed by atoms with van der Waals surface area (Å²) in [5.41, 5.74) is 5.02. The van der Waals surface area contributed by atoms with Gasteiger partial charge in [-0.25, -0.2) is 4.98 Å². The van der Waals surface area contributed by atoms with Crippen LogP contribution in [-0.4, -0.2) is 24.4 Å². The number of allylic oxidation sites excluding steroid dienone is 1. The molecule has 1 aromatic heterocycles. The third kappa shape index (κ3) is 2.81. The molecule has 1 unspecified atom stereocenters. The predicted octanol–water partition coefficient (Wildman–Crippen LogP) is 2.29. The molecule has 2 rings (SSSR count). The van der Waals surface area contributed by atoms with E-state index in [0.717, 1.165) is 17.2 Å². The summed E-state index contributed by atoms with van der Waals surface area (Å²) in [6.07, 6.45) is 5.33. The fourth-order valence-electron chi connectivity index (χ4n) is 1.63. The number of hydroxylamine groups is 1. The summed E-state index contributed by atoms with van der Waals surface area (Å²) < 4.78 is 0.